The van der Waals surface area contributed by atoms with Crippen molar-refractivity contribution in [3.05, 3.63) is 47.9 Å². The van der Waals surface area contributed by atoms with Crippen LogP contribution in [-0.2, 0) is 11.2 Å². The second-order valence-corrected chi connectivity index (χ2v) is 6.78. The molecule has 1 fully saturated rings. The summed E-state index contributed by atoms with van der Waals surface area (Å²) in [5, 5.41) is 9.11. The Kier molecular flexibility index (Phi) is 6.30. The smallest absolute Gasteiger partial charge is 0.335 e. The lowest BCUT2D eigenvalue weighted by Crippen LogP contribution is -2.38. The first-order valence-electron chi connectivity index (χ1n) is 9.01. The van der Waals surface area contributed by atoms with E-state index in [4.69, 9.17) is 9.84 Å². The van der Waals surface area contributed by atoms with Gasteiger partial charge < -0.3 is 14.7 Å². The lowest BCUT2D eigenvalue weighted by Gasteiger charge is -2.32. The van der Waals surface area contributed by atoms with E-state index >= 15 is 0 Å². The van der Waals surface area contributed by atoms with Crippen LogP contribution in [0.15, 0.2) is 36.7 Å². The Bertz CT molecular complexity index is 733. The molecule has 3 rings (SSSR count). The van der Waals surface area contributed by atoms with Gasteiger partial charge in [-0.15, -0.1) is 0 Å². The van der Waals surface area contributed by atoms with Crippen molar-refractivity contribution in [1.82, 2.24) is 14.9 Å². The number of likely N-dealkylation sites (tertiary alicyclic amines) is 1. The second-order valence-electron chi connectivity index (χ2n) is 6.78. The third kappa shape index (κ3) is 4.86. The molecule has 2 aromatic rings. The minimum Gasteiger partial charge on any atom is -0.478 e. The predicted molar refractivity (Wildman–Crippen MR) is 99.2 cm³/mol. The molecule has 138 valence electrons. The third-order valence-electron chi connectivity index (χ3n) is 4.82. The van der Waals surface area contributed by atoms with Gasteiger partial charge in [0.2, 0.25) is 0 Å². The van der Waals surface area contributed by atoms with Crippen LogP contribution in [0, 0.1) is 5.92 Å². The minimum absolute atomic E-state index is 0.256. The monoisotopic (exact) mass is 355 g/mol. The van der Waals surface area contributed by atoms with Crippen molar-refractivity contribution in [1.29, 1.82) is 0 Å². The Morgan fingerprint density at radius 1 is 1.35 bits per heavy atom. The summed E-state index contributed by atoms with van der Waals surface area (Å²) in [6, 6.07) is 6.78. The highest BCUT2D eigenvalue weighted by molar-refractivity contribution is 5.89. The maximum atomic E-state index is 11.1. The van der Waals surface area contributed by atoms with Crippen molar-refractivity contribution in [3.8, 4) is 11.3 Å². The first-order valence-corrected chi connectivity index (χ1v) is 9.01. The first kappa shape index (κ1) is 18.5. The standard InChI is InChI=1S/C20H25N3O3/c1-26-9-8-23-7-3-4-15(14-23)10-18-12-22-19(13-21-18)16-5-2-6-17(11-16)20(24)25/h2,5-6,11-13,15H,3-4,7-10,14H2,1H3,(H,24,25). The number of carboxylic acid groups (broad SMARTS) is 1. The average Bonchev–Trinajstić information content (AvgIpc) is 2.67. The maximum Gasteiger partial charge on any atom is 0.335 e. The van der Waals surface area contributed by atoms with Crippen LogP contribution >= 0.6 is 0 Å². The maximum absolute atomic E-state index is 11.1. The summed E-state index contributed by atoms with van der Waals surface area (Å²) >= 11 is 0. The Labute approximate surface area is 153 Å². The number of rotatable bonds is 7. The van der Waals surface area contributed by atoms with Gasteiger partial charge in [0, 0.05) is 32.0 Å². The highest BCUT2D eigenvalue weighted by Gasteiger charge is 2.20. The SMILES string of the molecule is COCCN1CCCC(Cc2cnc(-c3cccc(C(=O)O)c3)cn2)C1. The van der Waals surface area contributed by atoms with E-state index in [1.165, 1.54) is 12.8 Å². The molecule has 0 spiro atoms. The lowest BCUT2D eigenvalue weighted by atomic mass is 9.93. The summed E-state index contributed by atoms with van der Waals surface area (Å²) < 4.78 is 5.18. The van der Waals surface area contributed by atoms with Crippen LogP contribution in [-0.4, -0.2) is 59.3 Å². The van der Waals surface area contributed by atoms with Gasteiger partial charge in [-0.1, -0.05) is 12.1 Å². The zero-order chi connectivity index (χ0) is 18.4. The van der Waals surface area contributed by atoms with Crippen LogP contribution in [0.1, 0.15) is 28.9 Å². The number of carboxylic acids is 1. The van der Waals surface area contributed by atoms with Crippen molar-refractivity contribution in [3.63, 3.8) is 0 Å². The van der Waals surface area contributed by atoms with Crippen molar-refractivity contribution < 1.29 is 14.6 Å². The third-order valence-corrected chi connectivity index (χ3v) is 4.82. The number of piperidine rings is 1. The molecule has 1 aromatic carbocycles. The van der Waals surface area contributed by atoms with Crippen molar-refractivity contribution in [2.24, 2.45) is 5.92 Å². The zero-order valence-corrected chi connectivity index (χ0v) is 15.1. The van der Waals surface area contributed by atoms with Gasteiger partial charge >= 0.3 is 5.97 Å². The number of methoxy groups -OCH3 is 1. The minimum atomic E-state index is -0.938. The molecule has 6 heteroatoms. The number of nitrogens with zero attached hydrogens (tertiary/aromatic N) is 3. The normalized spacial score (nSPS) is 18.0. The fourth-order valence-corrected chi connectivity index (χ4v) is 3.46. The largest absolute Gasteiger partial charge is 0.478 e. The average molecular weight is 355 g/mol. The molecule has 0 radical (unpaired) electrons. The molecule has 6 nitrogen and oxygen atoms in total. The summed E-state index contributed by atoms with van der Waals surface area (Å²) in [5.41, 5.74) is 2.71. The van der Waals surface area contributed by atoms with Crippen LogP contribution < -0.4 is 0 Å². The van der Waals surface area contributed by atoms with Gasteiger partial charge in [-0.3, -0.25) is 9.97 Å². The quantitative estimate of drug-likeness (QED) is 0.823. The molecular formula is C20H25N3O3. The van der Waals surface area contributed by atoms with Crippen molar-refractivity contribution >= 4 is 5.97 Å². The summed E-state index contributed by atoms with van der Waals surface area (Å²) in [6.07, 6.45) is 6.90. The van der Waals surface area contributed by atoms with Gasteiger partial charge in [0.15, 0.2) is 0 Å². The van der Waals surface area contributed by atoms with Crippen molar-refractivity contribution in [2.45, 2.75) is 19.3 Å². The first-order chi connectivity index (χ1) is 12.7. The number of benzene rings is 1. The number of hydrogen-bond acceptors (Lipinski definition) is 5. The summed E-state index contributed by atoms with van der Waals surface area (Å²) in [6.45, 7) is 3.98. The summed E-state index contributed by atoms with van der Waals surface area (Å²) in [4.78, 5) is 22.6. The van der Waals surface area contributed by atoms with E-state index < -0.39 is 5.97 Å². The Morgan fingerprint density at radius 3 is 2.96 bits per heavy atom. The number of aromatic nitrogens is 2. The Morgan fingerprint density at radius 2 is 2.23 bits per heavy atom. The molecule has 26 heavy (non-hydrogen) atoms. The Hall–Kier alpha value is -2.31. The van der Waals surface area contributed by atoms with E-state index in [0.717, 1.165) is 43.9 Å². The topological polar surface area (TPSA) is 75.5 Å². The van der Waals surface area contributed by atoms with Crippen LogP contribution in [0.2, 0.25) is 0 Å². The molecular weight excluding hydrogens is 330 g/mol. The highest BCUT2D eigenvalue weighted by atomic mass is 16.5. The van der Waals surface area contributed by atoms with Crippen LogP contribution in [0.25, 0.3) is 11.3 Å². The highest BCUT2D eigenvalue weighted by Crippen LogP contribution is 2.21. The number of hydrogen-bond donors (Lipinski definition) is 1. The molecule has 2 heterocycles. The fourth-order valence-electron chi connectivity index (χ4n) is 3.46. The van der Waals surface area contributed by atoms with Crippen LogP contribution in [0.5, 0.6) is 0 Å². The number of carbonyl (C=O) groups is 1. The van der Waals surface area contributed by atoms with E-state index in [-0.39, 0.29) is 5.56 Å². The molecule has 1 aliphatic rings. The number of ether oxygens (including phenoxy) is 1. The molecule has 1 atom stereocenters. The van der Waals surface area contributed by atoms with E-state index in [9.17, 15) is 4.79 Å². The summed E-state index contributed by atoms with van der Waals surface area (Å²) in [5.74, 6) is -0.345. The van der Waals surface area contributed by atoms with Gasteiger partial charge in [0.05, 0.1) is 29.8 Å². The van der Waals surface area contributed by atoms with Crippen LogP contribution in [0.4, 0.5) is 0 Å². The Balaban J connectivity index is 1.62. The molecule has 0 amide bonds. The van der Waals surface area contributed by atoms with Gasteiger partial charge in [-0.2, -0.15) is 0 Å². The molecule has 1 aliphatic heterocycles. The van der Waals surface area contributed by atoms with E-state index in [2.05, 4.69) is 14.9 Å². The van der Waals surface area contributed by atoms with E-state index in [1.54, 1.807) is 31.5 Å². The van der Waals surface area contributed by atoms with Gasteiger partial charge in [0.25, 0.3) is 0 Å². The molecule has 0 aliphatic carbocycles. The predicted octanol–water partition coefficient (Wildman–Crippen LogP) is 2.74. The molecule has 0 bridgehead atoms. The van der Waals surface area contributed by atoms with Gasteiger partial charge in [0.1, 0.15) is 0 Å². The molecule has 1 saturated heterocycles. The van der Waals surface area contributed by atoms with E-state index in [1.807, 2.05) is 12.3 Å². The van der Waals surface area contributed by atoms with Gasteiger partial charge in [-0.25, -0.2) is 4.79 Å². The molecule has 1 N–H and O–H groups in total. The van der Waals surface area contributed by atoms with Crippen LogP contribution in [0.3, 0.4) is 0 Å². The zero-order valence-electron chi connectivity index (χ0n) is 15.1. The van der Waals surface area contributed by atoms with E-state index in [0.29, 0.717) is 11.6 Å². The van der Waals surface area contributed by atoms with Gasteiger partial charge in [-0.05, 0) is 43.9 Å². The lowest BCUT2D eigenvalue weighted by molar-refractivity contribution is 0.0697. The molecule has 1 unspecified atom stereocenters. The van der Waals surface area contributed by atoms with Crippen molar-refractivity contribution in [2.75, 3.05) is 33.4 Å². The number of aromatic carboxylic acids is 1. The molecule has 0 saturated carbocycles. The summed E-state index contributed by atoms with van der Waals surface area (Å²) in [7, 11) is 1.74. The fraction of sp³-hybridized carbons (Fsp3) is 0.450. The molecule has 1 aromatic heterocycles. The second kappa shape index (κ2) is 8.87.